The summed E-state index contributed by atoms with van der Waals surface area (Å²) in [7, 11) is 1.63. The van der Waals surface area contributed by atoms with E-state index in [2.05, 4.69) is 55.5 Å². The molecular weight excluding hydrogens is 480 g/mol. The van der Waals surface area contributed by atoms with Crippen molar-refractivity contribution >= 4 is 23.1 Å². The number of benzene rings is 3. The third-order valence-corrected chi connectivity index (χ3v) is 8.03. The summed E-state index contributed by atoms with van der Waals surface area (Å²) in [6.45, 7) is 4.56. The Morgan fingerprint density at radius 2 is 1.86 bits per heavy atom. The second-order valence-corrected chi connectivity index (χ2v) is 10.4. The van der Waals surface area contributed by atoms with Gasteiger partial charge in [-0.15, -0.1) is 0 Å². The molecule has 2 aliphatic rings. The van der Waals surface area contributed by atoms with Crippen molar-refractivity contribution in [2.75, 3.05) is 13.7 Å². The van der Waals surface area contributed by atoms with Gasteiger partial charge in [-0.3, -0.25) is 9.36 Å². The molecule has 5 nitrogen and oxygen atoms in total. The third kappa shape index (κ3) is 4.11. The van der Waals surface area contributed by atoms with Gasteiger partial charge in [0.05, 0.1) is 30.0 Å². The van der Waals surface area contributed by atoms with Gasteiger partial charge in [0, 0.05) is 5.56 Å². The average Bonchev–Trinajstić information content (AvgIpc) is 3.22. The van der Waals surface area contributed by atoms with Crippen LogP contribution in [-0.4, -0.2) is 18.3 Å². The van der Waals surface area contributed by atoms with Crippen LogP contribution in [-0.2, 0) is 6.42 Å². The normalized spacial score (nSPS) is 16.5. The van der Waals surface area contributed by atoms with Crippen LogP contribution in [0.5, 0.6) is 11.5 Å². The summed E-state index contributed by atoms with van der Waals surface area (Å²) in [5.41, 5.74) is 7.90. The number of methoxy groups -OCH3 is 1. The van der Waals surface area contributed by atoms with Gasteiger partial charge in [0.15, 0.2) is 16.3 Å². The van der Waals surface area contributed by atoms with Crippen LogP contribution in [0.15, 0.2) is 82.1 Å². The van der Waals surface area contributed by atoms with Crippen molar-refractivity contribution in [2.45, 2.75) is 32.7 Å². The predicted octanol–water partition coefficient (Wildman–Crippen LogP) is 5.03. The van der Waals surface area contributed by atoms with Crippen LogP contribution < -0.4 is 24.4 Å². The number of hydrogen-bond acceptors (Lipinski definition) is 5. The van der Waals surface area contributed by atoms with Gasteiger partial charge in [0.25, 0.3) is 5.56 Å². The monoisotopic (exact) mass is 508 g/mol. The van der Waals surface area contributed by atoms with Gasteiger partial charge in [-0.25, -0.2) is 4.99 Å². The molecule has 37 heavy (non-hydrogen) atoms. The van der Waals surface area contributed by atoms with E-state index >= 15 is 0 Å². The van der Waals surface area contributed by atoms with E-state index in [0.717, 1.165) is 34.5 Å². The lowest BCUT2D eigenvalue weighted by molar-refractivity contribution is 0.311. The molecule has 0 amide bonds. The Morgan fingerprint density at radius 3 is 2.65 bits per heavy atom. The van der Waals surface area contributed by atoms with Gasteiger partial charge in [-0.1, -0.05) is 71.5 Å². The summed E-state index contributed by atoms with van der Waals surface area (Å²) in [5, 5.41) is 0. The Bertz CT molecular complexity index is 1710. The maximum atomic E-state index is 13.9. The molecule has 0 saturated carbocycles. The van der Waals surface area contributed by atoms with E-state index in [4.69, 9.17) is 14.5 Å². The van der Waals surface area contributed by atoms with Crippen molar-refractivity contribution in [2.24, 2.45) is 4.99 Å². The number of rotatable bonds is 5. The molecule has 1 aromatic heterocycles. The van der Waals surface area contributed by atoms with Crippen molar-refractivity contribution in [3.05, 3.63) is 120 Å². The lowest BCUT2D eigenvalue weighted by Gasteiger charge is -2.30. The van der Waals surface area contributed by atoms with E-state index in [0.29, 0.717) is 22.6 Å². The number of hydrogen-bond donors (Lipinski definition) is 0. The summed E-state index contributed by atoms with van der Waals surface area (Å²) in [6, 6.07) is 22.6. The first-order valence-corrected chi connectivity index (χ1v) is 13.4. The lowest BCUT2D eigenvalue weighted by Crippen LogP contribution is -2.38. The minimum absolute atomic E-state index is 0.0199. The van der Waals surface area contributed by atoms with E-state index in [9.17, 15) is 4.79 Å². The molecular formula is C31H28N2O3S. The van der Waals surface area contributed by atoms with E-state index in [1.807, 2.05) is 35.8 Å². The number of ether oxygens (including phenoxy) is 2. The van der Waals surface area contributed by atoms with Gasteiger partial charge in [0.2, 0.25) is 0 Å². The minimum atomic E-state index is -0.169. The van der Waals surface area contributed by atoms with Crippen LogP contribution in [0.2, 0.25) is 0 Å². The molecule has 0 bridgehead atoms. The maximum absolute atomic E-state index is 13.9. The Labute approximate surface area is 219 Å². The SMILES string of the molecule is CCOc1cc(C=c2sc3n(c2=O)C(c2ccc(C)cc2)C2=C(N=3)c3ccccc3CC2)ccc1OC. The van der Waals surface area contributed by atoms with Crippen molar-refractivity contribution in [3.8, 4) is 11.5 Å². The largest absolute Gasteiger partial charge is 0.493 e. The molecule has 0 spiro atoms. The Balaban J connectivity index is 1.56. The molecule has 0 saturated heterocycles. The van der Waals surface area contributed by atoms with Crippen molar-refractivity contribution in [3.63, 3.8) is 0 Å². The van der Waals surface area contributed by atoms with Gasteiger partial charge < -0.3 is 9.47 Å². The molecule has 6 heteroatoms. The van der Waals surface area contributed by atoms with Crippen molar-refractivity contribution in [1.82, 2.24) is 4.57 Å². The smallest absolute Gasteiger partial charge is 0.271 e. The molecule has 2 heterocycles. The standard InChI is InChI=1S/C31H28N2O3S/c1-4-36-26-17-20(11-16-25(26)35-3)18-27-30(34)33-29(22-12-9-19(2)10-13-22)24-15-14-21-7-5-6-8-23(21)28(24)32-31(33)37-27/h5-13,16-18,29H,4,14-15H2,1-3H3. The molecule has 0 N–H and O–H groups in total. The molecule has 1 aliphatic heterocycles. The first kappa shape index (κ1) is 23.5. The second kappa shape index (κ2) is 9.52. The molecule has 1 atom stereocenters. The second-order valence-electron chi connectivity index (χ2n) is 9.37. The Morgan fingerprint density at radius 1 is 1.05 bits per heavy atom. The highest BCUT2D eigenvalue weighted by Crippen LogP contribution is 2.41. The molecule has 6 rings (SSSR count). The fourth-order valence-corrected chi connectivity index (χ4v) is 6.27. The van der Waals surface area contributed by atoms with E-state index < -0.39 is 0 Å². The number of nitrogens with zero attached hydrogens (tertiary/aromatic N) is 2. The highest BCUT2D eigenvalue weighted by molar-refractivity contribution is 7.07. The molecule has 3 aromatic carbocycles. The number of aromatic nitrogens is 1. The molecule has 0 fully saturated rings. The third-order valence-electron chi connectivity index (χ3n) is 7.05. The average molecular weight is 509 g/mol. The van der Waals surface area contributed by atoms with Gasteiger partial charge in [-0.2, -0.15) is 0 Å². The zero-order valence-corrected chi connectivity index (χ0v) is 22.0. The molecule has 1 aliphatic carbocycles. The van der Waals surface area contributed by atoms with Crippen LogP contribution in [0, 0.1) is 6.92 Å². The van der Waals surface area contributed by atoms with Gasteiger partial charge >= 0.3 is 0 Å². The number of allylic oxidation sites excluding steroid dienone is 1. The van der Waals surface area contributed by atoms with Gasteiger partial charge in [0.1, 0.15) is 0 Å². The molecule has 4 aromatic rings. The van der Waals surface area contributed by atoms with Crippen LogP contribution in [0.3, 0.4) is 0 Å². The van der Waals surface area contributed by atoms with Crippen molar-refractivity contribution in [1.29, 1.82) is 0 Å². The summed E-state index contributed by atoms with van der Waals surface area (Å²) in [6.07, 6.45) is 3.76. The summed E-state index contributed by atoms with van der Waals surface area (Å²) >= 11 is 1.44. The van der Waals surface area contributed by atoms with Crippen LogP contribution in [0.4, 0.5) is 0 Å². The van der Waals surface area contributed by atoms with Crippen LogP contribution in [0.25, 0.3) is 11.8 Å². The highest BCUT2D eigenvalue weighted by atomic mass is 32.1. The summed E-state index contributed by atoms with van der Waals surface area (Å²) in [5.74, 6) is 1.34. The summed E-state index contributed by atoms with van der Waals surface area (Å²) < 4.78 is 13.7. The highest BCUT2D eigenvalue weighted by Gasteiger charge is 2.32. The fourth-order valence-electron chi connectivity index (χ4n) is 5.27. The Kier molecular flexibility index (Phi) is 6.05. The first-order chi connectivity index (χ1) is 18.1. The maximum Gasteiger partial charge on any atom is 0.271 e. The molecule has 1 unspecified atom stereocenters. The topological polar surface area (TPSA) is 52.8 Å². The van der Waals surface area contributed by atoms with Crippen LogP contribution in [0.1, 0.15) is 47.2 Å². The number of aryl methyl sites for hydroxylation is 2. The van der Waals surface area contributed by atoms with Gasteiger partial charge in [-0.05, 0) is 67.2 Å². The zero-order chi connectivity index (χ0) is 25.5. The fraction of sp³-hybridized carbons (Fsp3) is 0.226. The summed E-state index contributed by atoms with van der Waals surface area (Å²) in [4.78, 5) is 19.8. The van der Waals surface area contributed by atoms with E-state index in [1.165, 1.54) is 33.6 Å². The first-order valence-electron chi connectivity index (χ1n) is 12.6. The Hall–Kier alpha value is -3.90. The van der Waals surface area contributed by atoms with Crippen LogP contribution >= 0.6 is 11.3 Å². The molecule has 186 valence electrons. The number of fused-ring (bicyclic) bond motifs is 3. The lowest BCUT2D eigenvalue weighted by atomic mass is 9.83. The quantitative estimate of drug-likeness (QED) is 0.380. The van der Waals surface area contributed by atoms with Crippen molar-refractivity contribution < 1.29 is 9.47 Å². The predicted molar refractivity (Wildman–Crippen MR) is 148 cm³/mol. The van der Waals surface area contributed by atoms with E-state index in [1.54, 1.807) is 7.11 Å². The number of thiazole rings is 1. The molecule has 0 radical (unpaired) electrons. The van der Waals surface area contributed by atoms with E-state index in [-0.39, 0.29) is 11.6 Å². The zero-order valence-electron chi connectivity index (χ0n) is 21.2. The minimum Gasteiger partial charge on any atom is -0.493 e.